The monoisotopic (exact) mass is 916 g/mol. The molecule has 4 unspecified atom stereocenters. The molecule has 8 aliphatic carbocycles. The summed E-state index contributed by atoms with van der Waals surface area (Å²) in [4.78, 5) is 82.4. The summed E-state index contributed by atoms with van der Waals surface area (Å²) in [5.41, 5.74) is -3.69. The van der Waals surface area contributed by atoms with Crippen molar-refractivity contribution in [1.29, 1.82) is 0 Å². The summed E-state index contributed by atoms with van der Waals surface area (Å²) >= 11 is 0. The lowest BCUT2D eigenvalue weighted by molar-refractivity contribution is -0.232. The maximum Gasteiger partial charge on any atom is 0.338 e. The van der Waals surface area contributed by atoms with Gasteiger partial charge in [0, 0.05) is 18.4 Å². The molecule has 4 atom stereocenters. The van der Waals surface area contributed by atoms with E-state index in [2.05, 4.69) is 0 Å². The summed E-state index contributed by atoms with van der Waals surface area (Å²) < 4.78 is 36.7. The van der Waals surface area contributed by atoms with Crippen LogP contribution in [0.3, 0.4) is 0 Å². The molecular weight excluding hydrogens is 853 g/mol. The van der Waals surface area contributed by atoms with E-state index in [-0.39, 0.29) is 35.6 Å². The number of benzene rings is 3. The average molecular weight is 917 g/mol. The molecule has 0 saturated heterocycles. The van der Waals surface area contributed by atoms with Crippen molar-refractivity contribution in [2.75, 3.05) is 0 Å². The van der Waals surface area contributed by atoms with Crippen molar-refractivity contribution < 1.29 is 57.2 Å². The molecule has 12 heteroatoms. The van der Waals surface area contributed by atoms with Crippen LogP contribution >= 0.6 is 0 Å². The van der Waals surface area contributed by atoms with Crippen LogP contribution in [0, 0.1) is 45.3 Å². The fraction of sp³-hybridized carbons (Fsp3) is 0.564. The molecule has 8 fully saturated rings. The highest BCUT2D eigenvalue weighted by Gasteiger charge is 2.65. The minimum atomic E-state index is -1.31. The van der Waals surface area contributed by atoms with Gasteiger partial charge in [0.05, 0.1) is 32.8 Å². The number of rotatable bonds is 15. The first kappa shape index (κ1) is 46.6. The molecular formula is C55H64O12. The number of carbonyl (C=O) groups excluding carboxylic acids is 6. The number of carbonyl (C=O) groups is 6. The molecule has 11 rings (SSSR count). The molecule has 0 heterocycles. The van der Waals surface area contributed by atoms with Crippen LogP contribution in [0.15, 0.2) is 78.9 Å². The smallest absolute Gasteiger partial charge is 0.338 e. The molecule has 3 aromatic rings. The Bertz CT molecular complexity index is 2240. The summed E-state index contributed by atoms with van der Waals surface area (Å²) in [7, 11) is 0. The van der Waals surface area contributed by atoms with Gasteiger partial charge < -0.3 is 28.4 Å². The third-order valence-corrected chi connectivity index (χ3v) is 16.5. The van der Waals surface area contributed by atoms with Crippen LogP contribution in [0.2, 0.25) is 0 Å². The quantitative estimate of drug-likeness (QED) is 0.0616. The second kappa shape index (κ2) is 17.2. The molecule has 12 nitrogen and oxygen atoms in total. The van der Waals surface area contributed by atoms with Gasteiger partial charge in [0.1, 0.15) is 22.7 Å². The summed E-state index contributed by atoms with van der Waals surface area (Å²) in [6.07, 6.45) is 7.40. The highest BCUT2D eigenvalue weighted by molar-refractivity contribution is 5.91. The molecule has 0 aliphatic heterocycles. The number of hydrogen-bond acceptors (Lipinski definition) is 12. The Morgan fingerprint density at radius 2 is 0.881 bits per heavy atom. The third kappa shape index (κ3) is 9.13. The fourth-order valence-electron chi connectivity index (χ4n) is 12.9. The zero-order valence-corrected chi connectivity index (χ0v) is 39.7. The van der Waals surface area contributed by atoms with Crippen molar-refractivity contribution in [3.63, 3.8) is 0 Å². The lowest BCUT2D eigenvalue weighted by Gasteiger charge is -2.60. The van der Waals surface area contributed by atoms with E-state index in [1.807, 2.05) is 59.7 Å². The van der Waals surface area contributed by atoms with Gasteiger partial charge in [0.25, 0.3) is 6.29 Å². The van der Waals surface area contributed by atoms with E-state index in [0.29, 0.717) is 105 Å². The molecule has 0 spiro atoms. The van der Waals surface area contributed by atoms with E-state index in [1.165, 1.54) is 0 Å². The van der Waals surface area contributed by atoms with Crippen LogP contribution in [0.4, 0.5) is 0 Å². The van der Waals surface area contributed by atoms with Crippen molar-refractivity contribution in [3.8, 4) is 11.5 Å². The molecule has 0 amide bonds. The van der Waals surface area contributed by atoms with Gasteiger partial charge in [-0.3, -0.25) is 19.2 Å². The van der Waals surface area contributed by atoms with Crippen LogP contribution in [0.5, 0.6) is 11.5 Å². The lowest BCUT2D eigenvalue weighted by atomic mass is 9.48. The van der Waals surface area contributed by atoms with Gasteiger partial charge in [-0.25, -0.2) is 9.59 Å². The van der Waals surface area contributed by atoms with Crippen molar-refractivity contribution in [2.24, 2.45) is 45.3 Å². The van der Waals surface area contributed by atoms with Crippen LogP contribution in [-0.2, 0) is 38.1 Å². The fourth-order valence-corrected chi connectivity index (χ4v) is 12.9. The van der Waals surface area contributed by atoms with Crippen molar-refractivity contribution >= 4 is 35.8 Å². The number of esters is 6. The predicted molar refractivity (Wildman–Crippen MR) is 244 cm³/mol. The Morgan fingerprint density at radius 1 is 0.522 bits per heavy atom. The van der Waals surface area contributed by atoms with Crippen LogP contribution in [0.1, 0.15) is 164 Å². The van der Waals surface area contributed by atoms with Gasteiger partial charge in [-0.05, 0) is 177 Å². The molecule has 8 saturated carbocycles. The Hall–Kier alpha value is -5.52. The van der Waals surface area contributed by atoms with Crippen LogP contribution < -0.4 is 9.47 Å². The molecule has 67 heavy (non-hydrogen) atoms. The molecule has 3 aromatic carbocycles. The second-order valence-electron chi connectivity index (χ2n) is 22.5. The van der Waals surface area contributed by atoms with Crippen molar-refractivity contribution in [2.45, 2.75) is 149 Å². The molecule has 0 radical (unpaired) electrons. The van der Waals surface area contributed by atoms with Gasteiger partial charge in [-0.1, -0.05) is 44.2 Å². The average Bonchev–Trinajstić information content (AvgIpc) is 3.28. The maximum atomic E-state index is 14.8. The zero-order chi connectivity index (χ0) is 47.6. The second-order valence-corrected chi connectivity index (χ2v) is 22.5. The third-order valence-electron chi connectivity index (χ3n) is 16.5. The van der Waals surface area contributed by atoms with E-state index in [0.717, 1.165) is 12.8 Å². The highest BCUT2D eigenvalue weighted by atomic mass is 16.7. The van der Waals surface area contributed by atoms with E-state index >= 15 is 0 Å². The van der Waals surface area contributed by atoms with E-state index in [9.17, 15) is 28.8 Å². The molecule has 0 aromatic heterocycles. The molecule has 0 N–H and O–H groups in total. The minimum Gasteiger partial charge on any atom is -0.455 e. The standard InChI is InChI=1S/C55H64O12/c1-7-50(3,4)46(58)62-41-18-14-38(15-19-41)43(56)66-54-28-34-22-35(29-54)25-52(24-34,32-54)48(60)64-45(40-12-10-9-11-13-40)65-49(61)53-26-36-23-37(27-53)31-55(30-36,33-53)67-44(57)39-16-20-42(21-17-39)63-47(59)51(5,6)8-2/h9-21,34-37,45H,7-8,22-33H2,1-6H3. The van der Waals surface area contributed by atoms with E-state index < -0.39 is 63.0 Å². The largest absolute Gasteiger partial charge is 0.455 e. The summed E-state index contributed by atoms with van der Waals surface area (Å²) in [6, 6.07) is 21.8. The minimum absolute atomic E-state index is 0.155. The Balaban J connectivity index is 0.886. The number of ether oxygens (including phenoxy) is 6. The Labute approximate surface area is 393 Å². The molecule has 356 valence electrons. The molecule has 8 aliphatic rings. The van der Waals surface area contributed by atoms with Crippen molar-refractivity contribution in [3.05, 3.63) is 95.6 Å². The van der Waals surface area contributed by atoms with Gasteiger partial charge in [-0.15, -0.1) is 0 Å². The topological polar surface area (TPSA) is 158 Å². The Kier molecular flexibility index (Phi) is 12.0. The maximum absolute atomic E-state index is 14.8. The Morgan fingerprint density at radius 3 is 1.22 bits per heavy atom. The lowest BCUT2D eigenvalue weighted by Crippen LogP contribution is -2.60. The van der Waals surface area contributed by atoms with Gasteiger partial charge in [-0.2, -0.15) is 0 Å². The molecule has 8 bridgehead atoms. The van der Waals surface area contributed by atoms with E-state index in [1.54, 1.807) is 60.7 Å². The summed E-state index contributed by atoms with van der Waals surface area (Å²) in [5, 5.41) is 0. The van der Waals surface area contributed by atoms with Gasteiger partial charge in [0.15, 0.2) is 0 Å². The van der Waals surface area contributed by atoms with Crippen molar-refractivity contribution in [1.82, 2.24) is 0 Å². The zero-order valence-electron chi connectivity index (χ0n) is 39.7. The normalized spacial score (nSPS) is 30.5. The SMILES string of the molecule is CCC(C)(C)C(=O)Oc1ccc(C(=O)OC23CC4CC(C2)CC(C(=O)OC(OC(=O)C25CC6CC(CC(OC(=O)c7ccc(OC(=O)C(C)(C)CC)cc7)(C6)C2)C5)c2ccccc2)(C4)C3)cc1. The van der Waals surface area contributed by atoms with E-state index in [4.69, 9.17) is 28.4 Å². The van der Waals surface area contributed by atoms with Gasteiger partial charge in [0.2, 0.25) is 0 Å². The predicted octanol–water partition coefficient (Wildman–Crippen LogP) is 10.8. The van der Waals surface area contributed by atoms with Crippen LogP contribution in [0.25, 0.3) is 0 Å². The first-order valence-electron chi connectivity index (χ1n) is 24.3. The van der Waals surface area contributed by atoms with Crippen LogP contribution in [-0.4, -0.2) is 47.0 Å². The number of hydrogen-bond donors (Lipinski definition) is 0. The summed E-state index contributed by atoms with van der Waals surface area (Å²) in [5.74, 6) is -1.32. The van der Waals surface area contributed by atoms with Gasteiger partial charge >= 0.3 is 35.8 Å². The first-order chi connectivity index (χ1) is 31.8. The first-order valence-corrected chi connectivity index (χ1v) is 24.3. The highest BCUT2D eigenvalue weighted by Crippen LogP contribution is 2.65. The summed E-state index contributed by atoms with van der Waals surface area (Å²) in [6.45, 7) is 11.1.